The highest BCUT2D eigenvalue weighted by Crippen LogP contribution is 2.25. The fourth-order valence-electron chi connectivity index (χ4n) is 1.30. The van der Waals surface area contributed by atoms with E-state index in [0.29, 0.717) is 11.3 Å². The van der Waals surface area contributed by atoms with Gasteiger partial charge in [-0.25, -0.2) is 4.79 Å². The molecule has 0 aliphatic carbocycles. The summed E-state index contributed by atoms with van der Waals surface area (Å²) < 4.78 is 4.46. The van der Waals surface area contributed by atoms with Gasteiger partial charge in [0.1, 0.15) is 0 Å². The molecule has 0 atom stereocenters. The molecule has 0 saturated carbocycles. The van der Waals surface area contributed by atoms with Crippen molar-refractivity contribution in [3.8, 4) is 11.8 Å². The van der Waals surface area contributed by atoms with E-state index in [4.69, 9.17) is 5.73 Å². The molecule has 17 heavy (non-hydrogen) atoms. The van der Waals surface area contributed by atoms with Crippen LogP contribution in [0.1, 0.15) is 31.9 Å². The Morgan fingerprint density at radius 3 is 2.53 bits per heavy atom. The second-order valence-corrected chi connectivity index (χ2v) is 4.79. The average Bonchev–Trinajstić information content (AvgIpc) is 2.26. The number of carbonyl (C=O) groups excluding carboxylic acids is 1. The lowest BCUT2D eigenvalue weighted by molar-refractivity contribution is -0.133. The molecule has 0 saturated heterocycles. The van der Waals surface area contributed by atoms with Crippen molar-refractivity contribution in [3.05, 3.63) is 29.3 Å². The van der Waals surface area contributed by atoms with Gasteiger partial charge in [0, 0.05) is 17.2 Å². The fourth-order valence-corrected chi connectivity index (χ4v) is 1.30. The van der Waals surface area contributed by atoms with Crippen LogP contribution in [0.5, 0.6) is 0 Å². The molecule has 0 amide bonds. The third kappa shape index (κ3) is 3.53. The lowest BCUT2D eigenvalue weighted by Gasteiger charge is -2.19. The minimum atomic E-state index is -0.564. The summed E-state index contributed by atoms with van der Waals surface area (Å²) in [5, 5.41) is 0. The van der Waals surface area contributed by atoms with Crippen molar-refractivity contribution >= 4 is 11.7 Å². The molecule has 0 fully saturated rings. The summed E-state index contributed by atoms with van der Waals surface area (Å²) in [6, 6.07) is 5.69. The standard InChI is InChI=1S/C14H17NO2/c1-14(2,3)11-6-7-12(15)10(9-11)5-8-13(16)17-4/h6-7,9H,15H2,1-4H3. The van der Waals surface area contributed by atoms with Crippen molar-refractivity contribution in [1.29, 1.82) is 0 Å². The Balaban J connectivity index is 3.15. The molecule has 1 rings (SSSR count). The quantitative estimate of drug-likeness (QED) is 0.422. The van der Waals surface area contributed by atoms with Crippen LogP contribution in [0.2, 0.25) is 0 Å². The van der Waals surface area contributed by atoms with Crippen molar-refractivity contribution in [2.75, 3.05) is 12.8 Å². The number of esters is 1. The first-order valence-electron chi connectivity index (χ1n) is 5.34. The maximum absolute atomic E-state index is 10.9. The molecule has 0 spiro atoms. The molecular weight excluding hydrogens is 214 g/mol. The molecular formula is C14H17NO2. The predicted octanol–water partition coefficient (Wildman–Crippen LogP) is 2.09. The lowest BCUT2D eigenvalue weighted by atomic mass is 9.86. The van der Waals surface area contributed by atoms with E-state index in [-0.39, 0.29) is 5.41 Å². The zero-order chi connectivity index (χ0) is 13.1. The third-order valence-corrected chi connectivity index (χ3v) is 2.40. The Morgan fingerprint density at radius 2 is 2.00 bits per heavy atom. The number of hydrogen-bond donors (Lipinski definition) is 1. The van der Waals surface area contributed by atoms with E-state index in [0.717, 1.165) is 5.56 Å². The van der Waals surface area contributed by atoms with E-state index >= 15 is 0 Å². The van der Waals surface area contributed by atoms with Gasteiger partial charge in [-0.1, -0.05) is 32.8 Å². The number of nitrogen functional groups attached to an aromatic ring is 1. The van der Waals surface area contributed by atoms with Crippen LogP contribution in [0.25, 0.3) is 0 Å². The van der Waals surface area contributed by atoms with E-state index in [9.17, 15) is 4.79 Å². The molecule has 3 heteroatoms. The number of anilines is 1. The van der Waals surface area contributed by atoms with Crippen LogP contribution in [-0.2, 0) is 14.9 Å². The van der Waals surface area contributed by atoms with Gasteiger partial charge in [-0.05, 0) is 23.1 Å². The maximum Gasteiger partial charge on any atom is 0.384 e. The molecule has 0 aliphatic rings. The molecule has 1 aromatic carbocycles. The Kier molecular flexibility index (Phi) is 3.80. The smallest absolute Gasteiger partial charge is 0.384 e. The second-order valence-electron chi connectivity index (χ2n) is 4.79. The highest BCUT2D eigenvalue weighted by Gasteiger charge is 2.14. The van der Waals surface area contributed by atoms with Crippen molar-refractivity contribution in [3.63, 3.8) is 0 Å². The molecule has 0 unspecified atom stereocenters. The van der Waals surface area contributed by atoms with Crippen LogP contribution < -0.4 is 5.73 Å². The van der Waals surface area contributed by atoms with Crippen LogP contribution in [0, 0.1) is 11.8 Å². The number of nitrogens with two attached hydrogens (primary N) is 1. The van der Waals surface area contributed by atoms with Gasteiger partial charge in [0.2, 0.25) is 0 Å². The molecule has 0 aliphatic heterocycles. The number of rotatable bonds is 0. The molecule has 1 aromatic rings. The molecule has 0 aromatic heterocycles. The summed E-state index contributed by atoms with van der Waals surface area (Å²) in [6.07, 6.45) is 0. The van der Waals surface area contributed by atoms with Gasteiger partial charge in [-0.15, -0.1) is 0 Å². The van der Waals surface area contributed by atoms with Gasteiger partial charge in [-0.2, -0.15) is 0 Å². The molecule has 2 N–H and O–H groups in total. The van der Waals surface area contributed by atoms with Crippen molar-refractivity contribution in [1.82, 2.24) is 0 Å². The van der Waals surface area contributed by atoms with Crippen molar-refractivity contribution < 1.29 is 9.53 Å². The minimum Gasteiger partial charge on any atom is -0.459 e. The first kappa shape index (κ1) is 13.1. The Hall–Kier alpha value is -1.95. The van der Waals surface area contributed by atoms with Crippen LogP contribution in [0.15, 0.2) is 18.2 Å². The second kappa shape index (κ2) is 4.92. The van der Waals surface area contributed by atoms with E-state index in [1.165, 1.54) is 7.11 Å². The first-order valence-corrected chi connectivity index (χ1v) is 5.34. The Morgan fingerprint density at radius 1 is 1.35 bits per heavy atom. The van der Waals surface area contributed by atoms with Gasteiger partial charge in [0.15, 0.2) is 0 Å². The number of methoxy groups -OCH3 is 1. The van der Waals surface area contributed by atoms with Gasteiger partial charge in [0.25, 0.3) is 0 Å². The Bertz CT molecular complexity index is 487. The van der Waals surface area contributed by atoms with Crippen LogP contribution in [0.3, 0.4) is 0 Å². The molecule has 90 valence electrons. The van der Waals surface area contributed by atoms with Gasteiger partial charge in [0.05, 0.1) is 7.11 Å². The number of ether oxygens (including phenoxy) is 1. The molecule has 0 bridgehead atoms. The largest absolute Gasteiger partial charge is 0.459 e. The average molecular weight is 231 g/mol. The monoisotopic (exact) mass is 231 g/mol. The number of benzene rings is 1. The van der Waals surface area contributed by atoms with Gasteiger partial charge >= 0.3 is 5.97 Å². The van der Waals surface area contributed by atoms with Gasteiger partial charge < -0.3 is 10.5 Å². The zero-order valence-electron chi connectivity index (χ0n) is 10.6. The topological polar surface area (TPSA) is 52.3 Å². The maximum atomic E-state index is 10.9. The van der Waals surface area contributed by atoms with E-state index in [2.05, 4.69) is 37.3 Å². The zero-order valence-corrected chi connectivity index (χ0v) is 10.6. The SMILES string of the molecule is COC(=O)C#Cc1cc(C(C)(C)C)ccc1N. The summed E-state index contributed by atoms with van der Waals surface area (Å²) in [4.78, 5) is 10.9. The van der Waals surface area contributed by atoms with Gasteiger partial charge in [-0.3, -0.25) is 0 Å². The number of carbonyl (C=O) groups is 1. The summed E-state index contributed by atoms with van der Waals surface area (Å²) in [7, 11) is 1.30. The van der Waals surface area contributed by atoms with Crippen LogP contribution >= 0.6 is 0 Å². The number of hydrogen-bond acceptors (Lipinski definition) is 3. The first-order chi connectivity index (χ1) is 7.84. The Labute approximate surface area is 102 Å². The fraction of sp³-hybridized carbons (Fsp3) is 0.357. The minimum absolute atomic E-state index is 0.0232. The molecule has 0 radical (unpaired) electrons. The highest BCUT2D eigenvalue weighted by molar-refractivity contribution is 5.89. The molecule has 3 nitrogen and oxygen atoms in total. The summed E-state index contributed by atoms with van der Waals surface area (Å²) >= 11 is 0. The normalized spacial score (nSPS) is 10.4. The van der Waals surface area contributed by atoms with E-state index in [1.54, 1.807) is 0 Å². The molecule has 0 heterocycles. The van der Waals surface area contributed by atoms with Crippen molar-refractivity contribution in [2.45, 2.75) is 26.2 Å². The van der Waals surface area contributed by atoms with Crippen LogP contribution in [-0.4, -0.2) is 13.1 Å². The predicted molar refractivity (Wildman–Crippen MR) is 68.4 cm³/mol. The van der Waals surface area contributed by atoms with Crippen LogP contribution in [0.4, 0.5) is 5.69 Å². The van der Waals surface area contributed by atoms with E-state index < -0.39 is 5.97 Å². The summed E-state index contributed by atoms with van der Waals surface area (Å²) in [5.41, 5.74) is 8.17. The third-order valence-electron chi connectivity index (χ3n) is 2.40. The van der Waals surface area contributed by atoms with Crippen molar-refractivity contribution in [2.24, 2.45) is 0 Å². The lowest BCUT2D eigenvalue weighted by Crippen LogP contribution is -2.11. The highest BCUT2D eigenvalue weighted by atomic mass is 16.5. The van der Waals surface area contributed by atoms with E-state index in [1.807, 2.05) is 18.2 Å². The summed E-state index contributed by atoms with van der Waals surface area (Å²) in [6.45, 7) is 6.32. The summed E-state index contributed by atoms with van der Waals surface area (Å²) in [5.74, 6) is 4.54.